The molecule has 0 aliphatic carbocycles. The molecule has 0 radical (unpaired) electrons. The minimum absolute atomic E-state index is 0.00216. The van der Waals surface area contributed by atoms with E-state index in [2.05, 4.69) is 30.4 Å². The summed E-state index contributed by atoms with van der Waals surface area (Å²) in [6, 6.07) is 20.2. The topological polar surface area (TPSA) is 70.5 Å². The van der Waals surface area contributed by atoms with Crippen molar-refractivity contribution < 1.29 is 9.59 Å². The summed E-state index contributed by atoms with van der Waals surface area (Å²) in [5.74, 6) is 0.546. The van der Waals surface area contributed by atoms with E-state index in [1.807, 2.05) is 47.1 Å². The second kappa shape index (κ2) is 9.90. The first kappa shape index (κ1) is 22.6. The van der Waals surface area contributed by atoms with Gasteiger partial charge in [0.05, 0.1) is 12.2 Å². The second-order valence-electron chi connectivity index (χ2n) is 8.80. The van der Waals surface area contributed by atoms with Gasteiger partial charge in [-0.3, -0.25) is 4.79 Å². The molecule has 1 aliphatic rings. The number of anilines is 1. The molecule has 2 aromatic carbocycles. The summed E-state index contributed by atoms with van der Waals surface area (Å²) >= 11 is 0. The Morgan fingerprint density at radius 2 is 1.70 bits per heavy atom. The Bertz CT molecular complexity index is 1110. The van der Waals surface area contributed by atoms with E-state index < -0.39 is 0 Å². The molecule has 3 aromatic rings. The Kier molecular flexibility index (Phi) is 6.77. The molecular weight excluding hydrogens is 414 g/mol. The smallest absolute Gasteiger partial charge is 0.319 e. The zero-order valence-electron chi connectivity index (χ0n) is 19.5. The number of urea groups is 1. The van der Waals surface area contributed by atoms with Gasteiger partial charge in [0.2, 0.25) is 5.91 Å². The van der Waals surface area contributed by atoms with E-state index in [9.17, 15) is 9.59 Å². The number of rotatable bonds is 5. The van der Waals surface area contributed by atoms with Crippen molar-refractivity contribution in [2.75, 3.05) is 32.5 Å². The number of carbonyl (C=O) groups is 2. The molecule has 4 rings (SSSR count). The van der Waals surface area contributed by atoms with Gasteiger partial charge in [-0.2, -0.15) is 5.10 Å². The number of nitrogens with zero attached hydrogens (tertiary/aromatic N) is 4. The molecule has 7 heteroatoms. The highest BCUT2D eigenvalue weighted by atomic mass is 16.2. The molecule has 0 spiro atoms. The van der Waals surface area contributed by atoms with Gasteiger partial charge in [0.15, 0.2) is 0 Å². The number of nitrogens with one attached hydrogen (secondary N) is 1. The third-order valence-electron chi connectivity index (χ3n) is 6.15. The summed E-state index contributed by atoms with van der Waals surface area (Å²) in [4.78, 5) is 28.7. The van der Waals surface area contributed by atoms with E-state index in [0.29, 0.717) is 38.3 Å². The molecule has 1 aliphatic heterocycles. The van der Waals surface area contributed by atoms with Gasteiger partial charge in [-0.05, 0) is 30.9 Å². The van der Waals surface area contributed by atoms with Gasteiger partial charge in [0.25, 0.3) is 0 Å². The quantitative estimate of drug-likeness (QED) is 0.639. The summed E-state index contributed by atoms with van der Waals surface area (Å²) in [6.45, 7) is 3.81. The molecular formula is C26H31N5O2. The summed E-state index contributed by atoms with van der Waals surface area (Å²) in [6.07, 6.45) is 1.31. The molecule has 0 saturated carbocycles. The van der Waals surface area contributed by atoms with Crippen LogP contribution in [0.25, 0.3) is 11.3 Å². The highest BCUT2D eigenvalue weighted by Crippen LogP contribution is 2.27. The van der Waals surface area contributed by atoms with Gasteiger partial charge < -0.3 is 15.1 Å². The average molecular weight is 446 g/mol. The zero-order valence-corrected chi connectivity index (χ0v) is 19.5. The summed E-state index contributed by atoms with van der Waals surface area (Å²) < 4.78 is 1.86. The first-order valence-corrected chi connectivity index (χ1v) is 11.4. The maximum atomic E-state index is 13.1. The maximum absolute atomic E-state index is 13.1. The number of hydrogen-bond acceptors (Lipinski definition) is 3. The lowest BCUT2D eigenvalue weighted by Gasteiger charge is -2.33. The normalized spacial score (nSPS) is 14.2. The lowest BCUT2D eigenvalue weighted by atomic mass is 9.96. The van der Waals surface area contributed by atoms with Crippen LogP contribution in [-0.2, 0) is 11.3 Å². The molecule has 3 amide bonds. The Labute approximate surface area is 195 Å². The number of carbonyl (C=O) groups excluding carboxylic acids is 2. The molecule has 7 nitrogen and oxygen atoms in total. The van der Waals surface area contributed by atoms with Crippen molar-refractivity contribution in [2.45, 2.75) is 26.3 Å². The minimum atomic E-state index is -0.127. The lowest BCUT2D eigenvalue weighted by Crippen LogP contribution is -2.45. The molecule has 0 atom stereocenters. The van der Waals surface area contributed by atoms with E-state index >= 15 is 0 Å². The Hall–Kier alpha value is -3.61. The number of aryl methyl sites for hydroxylation is 1. The summed E-state index contributed by atoms with van der Waals surface area (Å²) in [7, 11) is 3.50. The molecule has 172 valence electrons. The molecule has 1 aromatic heterocycles. The van der Waals surface area contributed by atoms with Crippen molar-refractivity contribution in [1.82, 2.24) is 19.6 Å². The van der Waals surface area contributed by atoms with Crippen LogP contribution in [0.2, 0.25) is 0 Å². The fourth-order valence-corrected chi connectivity index (χ4v) is 4.23. The number of piperidine rings is 1. The average Bonchev–Trinajstić information content (AvgIpc) is 3.21. The predicted octanol–water partition coefficient (Wildman–Crippen LogP) is 4.24. The van der Waals surface area contributed by atoms with Crippen molar-refractivity contribution >= 4 is 17.8 Å². The molecule has 1 fully saturated rings. The van der Waals surface area contributed by atoms with Crippen molar-refractivity contribution in [3.8, 4) is 11.3 Å². The van der Waals surface area contributed by atoms with Crippen LogP contribution in [-0.4, -0.2) is 58.7 Å². The number of benzene rings is 2. The first-order chi connectivity index (χ1) is 15.9. The van der Waals surface area contributed by atoms with Crippen molar-refractivity contribution in [1.29, 1.82) is 0 Å². The zero-order chi connectivity index (χ0) is 23.4. The number of likely N-dealkylation sites (tertiary alicyclic amines) is 1. The van der Waals surface area contributed by atoms with Crippen LogP contribution < -0.4 is 5.32 Å². The first-order valence-electron chi connectivity index (χ1n) is 11.4. The van der Waals surface area contributed by atoms with Crippen LogP contribution in [0, 0.1) is 12.8 Å². The van der Waals surface area contributed by atoms with E-state index in [1.54, 1.807) is 23.9 Å². The highest BCUT2D eigenvalue weighted by molar-refractivity contribution is 5.92. The number of aromatic nitrogens is 2. The third kappa shape index (κ3) is 5.25. The fraction of sp³-hybridized carbons (Fsp3) is 0.346. The molecule has 1 saturated heterocycles. The SMILES string of the molecule is Cc1ccccc1-c1cc(NC(=O)C2CCN(C(=O)N(C)C)CC2)n(Cc2ccccc2)n1. The van der Waals surface area contributed by atoms with Crippen LogP contribution >= 0.6 is 0 Å². The Morgan fingerprint density at radius 1 is 1.03 bits per heavy atom. The summed E-state index contributed by atoms with van der Waals surface area (Å²) in [5.41, 5.74) is 4.14. The molecule has 0 bridgehead atoms. The van der Waals surface area contributed by atoms with E-state index in [-0.39, 0.29) is 17.9 Å². The fourth-order valence-electron chi connectivity index (χ4n) is 4.23. The molecule has 1 N–H and O–H groups in total. The molecule has 33 heavy (non-hydrogen) atoms. The van der Waals surface area contributed by atoms with Crippen molar-refractivity contribution in [3.05, 3.63) is 71.8 Å². The van der Waals surface area contributed by atoms with Gasteiger partial charge in [-0.15, -0.1) is 0 Å². The van der Waals surface area contributed by atoms with E-state index in [0.717, 1.165) is 22.4 Å². The van der Waals surface area contributed by atoms with Crippen LogP contribution in [0.3, 0.4) is 0 Å². The van der Waals surface area contributed by atoms with Gasteiger partial charge in [-0.1, -0.05) is 54.6 Å². The van der Waals surface area contributed by atoms with Gasteiger partial charge in [-0.25, -0.2) is 9.48 Å². The van der Waals surface area contributed by atoms with Crippen molar-refractivity contribution in [2.24, 2.45) is 5.92 Å². The molecule has 0 unspecified atom stereocenters. The highest BCUT2D eigenvalue weighted by Gasteiger charge is 2.28. The monoisotopic (exact) mass is 445 g/mol. The second-order valence-corrected chi connectivity index (χ2v) is 8.80. The van der Waals surface area contributed by atoms with Gasteiger partial charge in [0, 0.05) is 44.7 Å². The van der Waals surface area contributed by atoms with Crippen LogP contribution in [0.4, 0.5) is 10.6 Å². The lowest BCUT2D eigenvalue weighted by molar-refractivity contribution is -0.121. The van der Waals surface area contributed by atoms with Gasteiger partial charge in [0.1, 0.15) is 5.82 Å². The van der Waals surface area contributed by atoms with Gasteiger partial charge >= 0.3 is 6.03 Å². The Balaban J connectivity index is 1.53. The van der Waals surface area contributed by atoms with E-state index in [4.69, 9.17) is 5.10 Å². The summed E-state index contributed by atoms with van der Waals surface area (Å²) in [5, 5.41) is 7.96. The predicted molar refractivity (Wildman–Crippen MR) is 130 cm³/mol. The van der Waals surface area contributed by atoms with Crippen molar-refractivity contribution in [3.63, 3.8) is 0 Å². The van der Waals surface area contributed by atoms with E-state index in [1.165, 1.54) is 0 Å². The maximum Gasteiger partial charge on any atom is 0.319 e. The minimum Gasteiger partial charge on any atom is -0.331 e. The Morgan fingerprint density at radius 3 is 2.36 bits per heavy atom. The standard InChI is InChI=1S/C26H31N5O2/c1-19-9-7-8-12-22(19)23-17-24(31(28-23)18-20-10-5-4-6-11-20)27-25(32)21-13-15-30(16-14-21)26(33)29(2)3/h4-12,17,21H,13-16,18H2,1-3H3,(H,27,32). The number of amides is 3. The van der Waals surface area contributed by atoms with Crippen LogP contribution in [0.15, 0.2) is 60.7 Å². The molecule has 2 heterocycles. The van der Waals surface area contributed by atoms with Crippen LogP contribution in [0.5, 0.6) is 0 Å². The largest absolute Gasteiger partial charge is 0.331 e. The van der Waals surface area contributed by atoms with Crippen LogP contribution in [0.1, 0.15) is 24.0 Å². The number of hydrogen-bond donors (Lipinski definition) is 1. The third-order valence-corrected chi connectivity index (χ3v) is 6.15.